The van der Waals surface area contributed by atoms with Gasteiger partial charge < -0.3 is 0 Å². The number of amides is 4. The predicted octanol–water partition coefficient (Wildman–Crippen LogP) is 2.10. The zero-order chi connectivity index (χ0) is 14.9. The predicted molar refractivity (Wildman–Crippen MR) is 73.6 cm³/mol. The van der Waals surface area contributed by atoms with E-state index < -0.39 is 29.8 Å². The van der Waals surface area contributed by atoms with Crippen molar-refractivity contribution in [2.45, 2.75) is 26.8 Å². The second kappa shape index (κ2) is 5.45. The summed E-state index contributed by atoms with van der Waals surface area (Å²) < 4.78 is 0. The first-order valence-electron chi connectivity index (χ1n) is 6.66. The van der Waals surface area contributed by atoms with Crippen LogP contribution in [-0.2, 0) is 9.59 Å². The lowest BCUT2D eigenvalue weighted by Gasteiger charge is -2.35. The number of hydrogen-bond donors (Lipinski definition) is 1. The number of imide groups is 2. The smallest absolute Gasteiger partial charge is 0.277 e. The van der Waals surface area contributed by atoms with Crippen LogP contribution in [0.15, 0.2) is 30.3 Å². The van der Waals surface area contributed by atoms with Gasteiger partial charge in [-0.05, 0) is 18.4 Å². The summed E-state index contributed by atoms with van der Waals surface area (Å²) in [5.74, 6) is -1.89. The molecule has 1 aromatic carbocycles. The number of benzene rings is 1. The lowest BCUT2D eigenvalue weighted by Crippen LogP contribution is -2.59. The van der Waals surface area contributed by atoms with Crippen molar-refractivity contribution in [3.63, 3.8) is 0 Å². The van der Waals surface area contributed by atoms with Crippen molar-refractivity contribution < 1.29 is 14.4 Å². The van der Waals surface area contributed by atoms with E-state index in [0.717, 1.165) is 10.5 Å². The number of rotatable bonds is 3. The van der Waals surface area contributed by atoms with E-state index in [0.29, 0.717) is 0 Å². The summed E-state index contributed by atoms with van der Waals surface area (Å²) in [6.07, 6.45) is 0. The van der Waals surface area contributed by atoms with Crippen molar-refractivity contribution in [1.29, 1.82) is 0 Å². The molecule has 5 nitrogen and oxygen atoms in total. The third kappa shape index (κ3) is 2.43. The molecule has 0 saturated carbocycles. The Balaban J connectivity index is 2.32. The van der Waals surface area contributed by atoms with Crippen LogP contribution in [0.3, 0.4) is 0 Å². The zero-order valence-corrected chi connectivity index (χ0v) is 11.8. The Morgan fingerprint density at radius 3 is 2.20 bits per heavy atom. The van der Waals surface area contributed by atoms with Crippen LogP contribution in [0.5, 0.6) is 0 Å². The number of carbonyl (C=O) groups excluding carboxylic acids is 3. The molecule has 1 fully saturated rings. The number of nitrogens with one attached hydrogen (secondary N) is 1. The van der Waals surface area contributed by atoms with E-state index in [2.05, 4.69) is 5.32 Å². The van der Waals surface area contributed by atoms with Crippen molar-refractivity contribution in [3.05, 3.63) is 35.9 Å². The van der Waals surface area contributed by atoms with Gasteiger partial charge in [-0.1, -0.05) is 44.2 Å². The Morgan fingerprint density at radius 1 is 1.05 bits per heavy atom. The molecular weight excluding hydrogens is 256 g/mol. The molecule has 0 aliphatic carbocycles. The van der Waals surface area contributed by atoms with Crippen LogP contribution < -0.4 is 5.32 Å². The molecular formula is C15H18N2O3. The van der Waals surface area contributed by atoms with Gasteiger partial charge in [0.05, 0.1) is 6.04 Å². The molecule has 0 spiro atoms. The molecule has 20 heavy (non-hydrogen) atoms. The van der Waals surface area contributed by atoms with E-state index in [9.17, 15) is 14.4 Å². The van der Waals surface area contributed by atoms with E-state index in [1.165, 1.54) is 0 Å². The third-order valence-corrected chi connectivity index (χ3v) is 3.57. The molecule has 106 valence electrons. The maximum atomic E-state index is 12.4. The Bertz CT molecular complexity index is 539. The number of hydrogen-bond acceptors (Lipinski definition) is 3. The molecule has 2 atom stereocenters. The highest BCUT2D eigenvalue weighted by Gasteiger charge is 2.44. The van der Waals surface area contributed by atoms with Crippen LogP contribution in [0, 0.1) is 11.8 Å². The number of nitrogens with zero attached hydrogens (tertiary/aromatic N) is 1. The summed E-state index contributed by atoms with van der Waals surface area (Å²) in [4.78, 5) is 37.3. The van der Waals surface area contributed by atoms with Gasteiger partial charge >= 0.3 is 6.03 Å². The highest BCUT2D eigenvalue weighted by molar-refractivity contribution is 6.16. The van der Waals surface area contributed by atoms with Crippen LogP contribution >= 0.6 is 0 Å². The number of barbiturate groups is 1. The highest BCUT2D eigenvalue weighted by Crippen LogP contribution is 2.27. The minimum atomic E-state index is -0.807. The molecule has 1 N–H and O–H groups in total. The van der Waals surface area contributed by atoms with Gasteiger partial charge in [0, 0.05) is 0 Å². The van der Waals surface area contributed by atoms with Crippen LogP contribution in [0.4, 0.5) is 4.79 Å². The molecule has 1 aliphatic rings. The molecule has 0 bridgehead atoms. The van der Waals surface area contributed by atoms with Gasteiger partial charge in [0.1, 0.15) is 5.92 Å². The molecule has 0 radical (unpaired) electrons. The highest BCUT2D eigenvalue weighted by atomic mass is 16.2. The van der Waals surface area contributed by atoms with Gasteiger partial charge in [0.2, 0.25) is 11.8 Å². The quantitative estimate of drug-likeness (QED) is 0.858. The molecule has 1 heterocycles. The van der Waals surface area contributed by atoms with Crippen LogP contribution in [0.25, 0.3) is 0 Å². The van der Waals surface area contributed by atoms with Gasteiger partial charge in [0.15, 0.2) is 0 Å². The average Bonchev–Trinajstić information content (AvgIpc) is 2.38. The van der Waals surface area contributed by atoms with E-state index in [1.807, 2.05) is 30.3 Å². The first kappa shape index (κ1) is 14.2. The summed E-state index contributed by atoms with van der Waals surface area (Å²) >= 11 is 0. The van der Waals surface area contributed by atoms with Crippen LogP contribution in [-0.4, -0.2) is 22.7 Å². The minimum absolute atomic E-state index is 0.152. The fourth-order valence-electron chi connectivity index (χ4n) is 2.44. The first-order chi connectivity index (χ1) is 9.43. The maximum Gasteiger partial charge on any atom is 0.331 e. The maximum absolute atomic E-state index is 12.4. The molecule has 1 aromatic rings. The van der Waals surface area contributed by atoms with Crippen molar-refractivity contribution >= 4 is 17.8 Å². The van der Waals surface area contributed by atoms with Gasteiger partial charge in [-0.2, -0.15) is 0 Å². The fraction of sp³-hybridized carbons (Fsp3) is 0.400. The lowest BCUT2D eigenvalue weighted by molar-refractivity contribution is -0.145. The molecule has 4 amide bonds. The summed E-state index contributed by atoms with van der Waals surface area (Å²) in [6.45, 7) is 5.37. The van der Waals surface area contributed by atoms with Crippen molar-refractivity contribution in [2.24, 2.45) is 11.8 Å². The van der Waals surface area contributed by atoms with E-state index in [1.54, 1.807) is 20.8 Å². The summed E-state index contributed by atoms with van der Waals surface area (Å²) in [5.41, 5.74) is 0.854. The van der Waals surface area contributed by atoms with E-state index in [-0.39, 0.29) is 5.92 Å². The third-order valence-electron chi connectivity index (χ3n) is 3.57. The number of urea groups is 1. The summed E-state index contributed by atoms with van der Waals surface area (Å²) in [6, 6.07) is 8.23. The molecule has 2 rings (SSSR count). The first-order valence-corrected chi connectivity index (χ1v) is 6.66. The van der Waals surface area contributed by atoms with Gasteiger partial charge in [-0.25, -0.2) is 4.79 Å². The SMILES string of the molecule is CC(C)C1C(=O)NC(=O)N(C(C)c2ccccc2)C1=O. The van der Waals surface area contributed by atoms with Gasteiger partial charge in [-0.15, -0.1) is 0 Å². The summed E-state index contributed by atoms with van der Waals surface area (Å²) in [7, 11) is 0. The van der Waals surface area contributed by atoms with Crippen molar-refractivity contribution in [2.75, 3.05) is 0 Å². The van der Waals surface area contributed by atoms with Crippen molar-refractivity contribution in [3.8, 4) is 0 Å². The van der Waals surface area contributed by atoms with Crippen molar-refractivity contribution in [1.82, 2.24) is 10.2 Å². The Kier molecular flexibility index (Phi) is 3.88. The molecule has 5 heteroatoms. The fourth-order valence-corrected chi connectivity index (χ4v) is 2.44. The standard InChI is InChI=1S/C15H18N2O3/c1-9(2)12-13(18)16-15(20)17(14(12)19)10(3)11-7-5-4-6-8-11/h4-10,12H,1-3H3,(H,16,18,20). The lowest BCUT2D eigenvalue weighted by atomic mass is 9.91. The monoisotopic (exact) mass is 274 g/mol. The van der Waals surface area contributed by atoms with Gasteiger partial charge in [-0.3, -0.25) is 19.8 Å². The second-order valence-electron chi connectivity index (χ2n) is 5.31. The Morgan fingerprint density at radius 2 is 1.65 bits per heavy atom. The molecule has 2 unspecified atom stereocenters. The van der Waals surface area contributed by atoms with Crippen LogP contribution in [0.1, 0.15) is 32.4 Å². The average molecular weight is 274 g/mol. The normalized spacial score (nSPS) is 21.1. The Labute approximate surface area is 118 Å². The van der Waals surface area contributed by atoms with E-state index >= 15 is 0 Å². The van der Waals surface area contributed by atoms with Gasteiger partial charge in [0.25, 0.3) is 0 Å². The van der Waals surface area contributed by atoms with Crippen LogP contribution in [0.2, 0.25) is 0 Å². The Hall–Kier alpha value is -2.17. The molecule has 1 saturated heterocycles. The second-order valence-corrected chi connectivity index (χ2v) is 5.31. The minimum Gasteiger partial charge on any atom is -0.277 e. The van der Waals surface area contributed by atoms with E-state index in [4.69, 9.17) is 0 Å². The largest absolute Gasteiger partial charge is 0.331 e. The topological polar surface area (TPSA) is 66.5 Å². The zero-order valence-electron chi connectivity index (χ0n) is 11.8. The molecule has 1 aliphatic heterocycles. The summed E-state index contributed by atoms with van der Waals surface area (Å²) in [5, 5.41) is 2.27. The number of carbonyl (C=O) groups is 3. The molecule has 0 aromatic heterocycles.